The first-order valence-corrected chi connectivity index (χ1v) is 12.7. The minimum atomic E-state index is -5.14. The third-order valence-electron chi connectivity index (χ3n) is 5.03. The summed E-state index contributed by atoms with van der Waals surface area (Å²) in [6.45, 7) is 0. The number of sulfonamides is 1. The van der Waals surface area contributed by atoms with E-state index in [2.05, 4.69) is 25.7 Å². The Hall–Kier alpha value is -3.78. The van der Waals surface area contributed by atoms with E-state index < -0.39 is 32.8 Å². The van der Waals surface area contributed by atoms with E-state index in [0.717, 1.165) is 24.3 Å². The molecule has 0 radical (unpaired) electrons. The van der Waals surface area contributed by atoms with E-state index in [-0.39, 0.29) is 21.7 Å². The van der Waals surface area contributed by atoms with Gasteiger partial charge in [0, 0.05) is 28.2 Å². The zero-order chi connectivity index (χ0) is 27.7. The van der Waals surface area contributed by atoms with Gasteiger partial charge in [0.25, 0.3) is 10.0 Å². The molecule has 4 aromatic rings. The van der Waals surface area contributed by atoms with Crippen LogP contribution >= 0.6 is 15.9 Å². The number of halogens is 5. The summed E-state index contributed by atoms with van der Waals surface area (Å²) in [6.07, 6.45) is -3.69. The molecule has 1 aromatic heterocycles. The van der Waals surface area contributed by atoms with E-state index in [1.807, 2.05) is 4.72 Å². The van der Waals surface area contributed by atoms with Gasteiger partial charge in [0.15, 0.2) is 28.8 Å². The molecule has 0 aliphatic carbocycles. The standard InChI is InChI=1S/C24H17BrF4N2O6S/c1-34-20-11-15-17(12-21(20)35-2)30-8-7-18(15)36-19-5-4-14(10-16(19)26)31-38(32,33)23-6-3-13(25)9-22(23)37-24(27,28)29/h3-12,31H,1-2H3. The zero-order valence-electron chi connectivity index (χ0n) is 19.5. The summed E-state index contributed by atoms with van der Waals surface area (Å²) in [5.41, 5.74) is 0.220. The lowest BCUT2D eigenvalue weighted by Gasteiger charge is -2.15. The molecule has 0 aliphatic heterocycles. The number of ether oxygens (including phenoxy) is 4. The van der Waals surface area contributed by atoms with Crippen LogP contribution in [0.1, 0.15) is 0 Å². The Morgan fingerprint density at radius 2 is 1.58 bits per heavy atom. The molecule has 38 heavy (non-hydrogen) atoms. The smallest absolute Gasteiger partial charge is 0.493 e. The fourth-order valence-electron chi connectivity index (χ4n) is 3.42. The maximum absolute atomic E-state index is 14.9. The Bertz CT molecular complexity index is 1620. The van der Waals surface area contributed by atoms with E-state index in [1.165, 1.54) is 38.6 Å². The van der Waals surface area contributed by atoms with Gasteiger partial charge in [-0.25, -0.2) is 12.8 Å². The number of hydrogen-bond donors (Lipinski definition) is 1. The number of benzene rings is 3. The molecule has 0 unspecified atom stereocenters. The summed E-state index contributed by atoms with van der Waals surface area (Å²) in [7, 11) is -1.68. The second-order valence-electron chi connectivity index (χ2n) is 7.53. The SMILES string of the molecule is COc1cc2nccc(Oc3ccc(NS(=O)(=O)c4ccc(Br)cc4OC(F)(F)F)cc3F)c2cc1OC. The maximum atomic E-state index is 14.9. The molecule has 3 aromatic carbocycles. The highest BCUT2D eigenvalue weighted by Crippen LogP contribution is 2.38. The highest BCUT2D eigenvalue weighted by molar-refractivity contribution is 9.10. The summed E-state index contributed by atoms with van der Waals surface area (Å²) < 4.78 is 101. The molecule has 0 saturated heterocycles. The highest BCUT2D eigenvalue weighted by atomic mass is 79.9. The molecule has 0 saturated carbocycles. The number of rotatable bonds is 8. The second kappa shape index (κ2) is 10.5. The van der Waals surface area contributed by atoms with E-state index in [0.29, 0.717) is 22.4 Å². The molecular formula is C24H17BrF4N2O6S. The summed E-state index contributed by atoms with van der Waals surface area (Å²) in [4.78, 5) is 3.44. The van der Waals surface area contributed by atoms with E-state index in [9.17, 15) is 26.0 Å². The van der Waals surface area contributed by atoms with E-state index >= 15 is 0 Å². The minimum Gasteiger partial charge on any atom is -0.493 e. The van der Waals surface area contributed by atoms with Crippen LogP contribution in [0.15, 0.2) is 70.2 Å². The summed E-state index contributed by atoms with van der Waals surface area (Å²) in [5, 5.41) is 0.488. The van der Waals surface area contributed by atoms with Crippen molar-refractivity contribution in [2.45, 2.75) is 11.3 Å². The van der Waals surface area contributed by atoms with Crippen molar-refractivity contribution in [2.24, 2.45) is 0 Å². The fourth-order valence-corrected chi connectivity index (χ4v) is 4.92. The lowest BCUT2D eigenvalue weighted by Crippen LogP contribution is -2.21. The van der Waals surface area contributed by atoms with Gasteiger partial charge in [-0.1, -0.05) is 15.9 Å². The molecule has 1 heterocycles. The summed E-state index contributed by atoms with van der Waals surface area (Å²) >= 11 is 2.97. The molecule has 0 spiro atoms. The van der Waals surface area contributed by atoms with Crippen LogP contribution < -0.4 is 23.7 Å². The molecule has 0 fully saturated rings. The maximum Gasteiger partial charge on any atom is 0.573 e. The lowest BCUT2D eigenvalue weighted by atomic mass is 10.2. The number of pyridine rings is 1. The predicted octanol–water partition coefficient (Wildman–Crippen LogP) is 6.65. The Kier molecular flexibility index (Phi) is 7.56. The molecule has 0 amide bonds. The number of hydrogen-bond acceptors (Lipinski definition) is 7. The van der Waals surface area contributed by atoms with Crippen LogP contribution in [-0.2, 0) is 10.0 Å². The number of alkyl halides is 3. The summed E-state index contributed by atoms with van der Waals surface area (Å²) in [6, 6.07) is 10.9. The molecule has 0 bridgehead atoms. The van der Waals surface area contributed by atoms with Gasteiger partial charge in [-0.3, -0.25) is 9.71 Å². The van der Waals surface area contributed by atoms with Crippen molar-refractivity contribution in [3.63, 3.8) is 0 Å². The van der Waals surface area contributed by atoms with E-state index in [1.54, 1.807) is 12.1 Å². The number of nitrogens with one attached hydrogen (secondary N) is 1. The molecule has 1 N–H and O–H groups in total. The molecule has 0 aliphatic rings. The topological polar surface area (TPSA) is 96.0 Å². The van der Waals surface area contributed by atoms with Gasteiger partial charge in [-0.05, 0) is 42.5 Å². The molecule has 200 valence electrons. The first kappa shape index (κ1) is 27.3. The van der Waals surface area contributed by atoms with Crippen molar-refractivity contribution < 1.29 is 44.9 Å². The number of anilines is 1. The molecule has 0 atom stereocenters. The van der Waals surface area contributed by atoms with Crippen LogP contribution in [0, 0.1) is 5.82 Å². The van der Waals surface area contributed by atoms with Gasteiger partial charge < -0.3 is 18.9 Å². The highest BCUT2D eigenvalue weighted by Gasteiger charge is 2.34. The van der Waals surface area contributed by atoms with E-state index in [4.69, 9.17) is 14.2 Å². The fraction of sp³-hybridized carbons (Fsp3) is 0.125. The van der Waals surface area contributed by atoms with Crippen molar-refractivity contribution in [3.8, 4) is 28.7 Å². The van der Waals surface area contributed by atoms with Gasteiger partial charge in [0.1, 0.15) is 10.6 Å². The van der Waals surface area contributed by atoms with Crippen molar-refractivity contribution in [1.29, 1.82) is 0 Å². The summed E-state index contributed by atoms with van der Waals surface area (Å²) in [5.74, 6) is -1.10. The number of fused-ring (bicyclic) bond motifs is 1. The number of nitrogens with zero attached hydrogens (tertiary/aromatic N) is 1. The Labute approximate surface area is 222 Å². The van der Waals surface area contributed by atoms with Crippen LogP contribution in [0.2, 0.25) is 0 Å². The van der Waals surface area contributed by atoms with Crippen LogP contribution in [0.25, 0.3) is 10.9 Å². The normalized spacial score (nSPS) is 11.8. The Morgan fingerprint density at radius 1 is 0.868 bits per heavy atom. The lowest BCUT2D eigenvalue weighted by molar-refractivity contribution is -0.275. The minimum absolute atomic E-state index is 0.156. The second-order valence-corrected chi connectivity index (χ2v) is 10.1. The van der Waals surface area contributed by atoms with Crippen LogP contribution in [0.5, 0.6) is 28.7 Å². The van der Waals surface area contributed by atoms with Gasteiger partial charge >= 0.3 is 6.36 Å². The third-order valence-corrected chi connectivity index (χ3v) is 6.95. The third kappa shape index (κ3) is 6.02. The first-order valence-electron chi connectivity index (χ1n) is 10.5. The average molecular weight is 617 g/mol. The van der Waals surface area contributed by atoms with Crippen molar-refractivity contribution in [1.82, 2.24) is 4.98 Å². The molecule has 4 rings (SSSR count). The van der Waals surface area contributed by atoms with Crippen molar-refractivity contribution in [3.05, 3.63) is 71.1 Å². The van der Waals surface area contributed by atoms with Gasteiger partial charge in [0.2, 0.25) is 0 Å². The number of methoxy groups -OCH3 is 2. The average Bonchev–Trinajstić information content (AvgIpc) is 2.83. The van der Waals surface area contributed by atoms with Crippen molar-refractivity contribution in [2.75, 3.05) is 18.9 Å². The number of aromatic nitrogens is 1. The van der Waals surface area contributed by atoms with Crippen LogP contribution in [0.3, 0.4) is 0 Å². The van der Waals surface area contributed by atoms with Crippen LogP contribution in [-0.4, -0.2) is 34.0 Å². The monoisotopic (exact) mass is 616 g/mol. The molecular weight excluding hydrogens is 600 g/mol. The zero-order valence-corrected chi connectivity index (χ0v) is 21.9. The van der Waals surface area contributed by atoms with Gasteiger partial charge in [0.05, 0.1) is 25.4 Å². The largest absolute Gasteiger partial charge is 0.573 e. The van der Waals surface area contributed by atoms with Gasteiger partial charge in [-0.2, -0.15) is 0 Å². The van der Waals surface area contributed by atoms with Crippen LogP contribution in [0.4, 0.5) is 23.2 Å². The molecule has 14 heteroatoms. The van der Waals surface area contributed by atoms with Crippen molar-refractivity contribution >= 4 is 42.5 Å². The molecule has 8 nitrogen and oxygen atoms in total. The Morgan fingerprint density at radius 3 is 2.24 bits per heavy atom. The predicted molar refractivity (Wildman–Crippen MR) is 133 cm³/mol. The first-order chi connectivity index (χ1) is 17.9. The van der Waals surface area contributed by atoms with Gasteiger partial charge in [-0.15, -0.1) is 13.2 Å². The Balaban J connectivity index is 1.62. The quantitative estimate of drug-likeness (QED) is 0.222.